The van der Waals surface area contributed by atoms with Crippen LogP contribution in [-0.4, -0.2) is 40.8 Å². The summed E-state index contributed by atoms with van der Waals surface area (Å²) in [5.74, 6) is 1.88. The number of thioether (sulfide) groups is 1. The quantitative estimate of drug-likeness (QED) is 0.680. The third-order valence-corrected chi connectivity index (χ3v) is 4.25. The molecule has 1 fully saturated rings. The van der Waals surface area contributed by atoms with Crippen molar-refractivity contribution in [3.05, 3.63) is 0 Å². The highest BCUT2D eigenvalue weighted by Crippen LogP contribution is 2.27. The van der Waals surface area contributed by atoms with Gasteiger partial charge < -0.3 is 4.90 Å². The maximum Gasteiger partial charge on any atom is 0.235 e. The molecule has 0 bridgehead atoms. The SMILES string of the molecule is CC(CCl)N(C)C(=O)C1CCCS1. The summed E-state index contributed by atoms with van der Waals surface area (Å²) in [6.45, 7) is 1.98. The van der Waals surface area contributed by atoms with E-state index in [1.165, 1.54) is 6.42 Å². The van der Waals surface area contributed by atoms with Crippen molar-refractivity contribution in [1.82, 2.24) is 4.90 Å². The van der Waals surface area contributed by atoms with Crippen LogP contribution >= 0.6 is 23.4 Å². The molecular weight excluding hydrogens is 206 g/mol. The third kappa shape index (κ3) is 2.78. The number of halogens is 1. The van der Waals surface area contributed by atoms with Crippen LogP contribution in [0, 0.1) is 0 Å². The molecule has 0 aromatic rings. The Morgan fingerprint density at radius 2 is 2.46 bits per heavy atom. The Bertz CT molecular complexity index is 182. The van der Waals surface area contributed by atoms with Crippen molar-refractivity contribution >= 4 is 29.3 Å². The number of nitrogens with zero attached hydrogens (tertiary/aromatic N) is 1. The van der Waals surface area contributed by atoms with Gasteiger partial charge in [-0.1, -0.05) is 0 Å². The van der Waals surface area contributed by atoms with E-state index in [4.69, 9.17) is 11.6 Å². The zero-order chi connectivity index (χ0) is 9.84. The first kappa shape index (κ1) is 11.2. The molecule has 2 nitrogen and oxygen atoms in total. The van der Waals surface area contributed by atoms with E-state index in [1.807, 2.05) is 14.0 Å². The summed E-state index contributed by atoms with van der Waals surface area (Å²) in [5.41, 5.74) is 0. The van der Waals surface area contributed by atoms with E-state index < -0.39 is 0 Å². The summed E-state index contributed by atoms with van der Waals surface area (Å²) in [5, 5.41) is 0.190. The average Bonchev–Trinajstić information content (AvgIpc) is 2.67. The molecule has 4 heteroatoms. The lowest BCUT2D eigenvalue weighted by atomic mass is 10.2. The van der Waals surface area contributed by atoms with Gasteiger partial charge >= 0.3 is 0 Å². The highest BCUT2D eigenvalue weighted by Gasteiger charge is 2.27. The smallest absolute Gasteiger partial charge is 0.235 e. The van der Waals surface area contributed by atoms with Crippen LogP contribution in [0.1, 0.15) is 19.8 Å². The molecule has 0 aromatic heterocycles. The number of carbonyl (C=O) groups is 1. The first-order valence-electron chi connectivity index (χ1n) is 4.61. The van der Waals surface area contributed by atoms with Crippen molar-refractivity contribution in [3.63, 3.8) is 0 Å². The normalized spacial score (nSPS) is 24.4. The Labute approximate surface area is 89.0 Å². The molecule has 0 N–H and O–H groups in total. The van der Waals surface area contributed by atoms with Crippen LogP contribution < -0.4 is 0 Å². The molecule has 2 unspecified atom stereocenters. The fourth-order valence-corrected chi connectivity index (χ4v) is 2.79. The van der Waals surface area contributed by atoms with Gasteiger partial charge in [0.15, 0.2) is 0 Å². The summed E-state index contributed by atoms with van der Waals surface area (Å²) >= 11 is 7.47. The van der Waals surface area contributed by atoms with Crippen LogP contribution in [0.4, 0.5) is 0 Å². The van der Waals surface area contributed by atoms with Gasteiger partial charge in [-0.15, -0.1) is 23.4 Å². The standard InChI is InChI=1S/C9H16ClNOS/c1-7(6-10)11(2)9(12)8-4-3-5-13-8/h7-8H,3-6H2,1-2H3. The van der Waals surface area contributed by atoms with Gasteiger partial charge in [0.05, 0.1) is 5.25 Å². The van der Waals surface area contributed by atoms with Crippen molar-refractivity contribution in [2.45, 2.75) is 31.1 Å². The number of hydrogen-bond donors (Lipinski definition) is 0. The van der Waals surface area contributed by atoms with Gasteiger partial charge in [0, 0.05) is 19.0 Å². The summed E-state index contributed by atoms with van der Waals surface area (Å²) in [6.07, 6.45) is 2.20. The van der Waals surface area contributed by atoms with Crippen LogP contribution in [0.2, 0.25) is 0 Å². The Morgan fingerprint density at radius 1 is 1.77 bits per heavy atom. The fraction of sp³-hybridized carbons (Fsp3) is 0.889. The van der Waals surface area contributed by atoms with Crippen LogP contribution in [-0.2, 0) is 4.79 Å². The van der Waals surface area contributed by atoms with Gasteiger partial charge in [0.25, 0.3) is 0 Å². The number of carbonyl (C=O) groups excluding carboxylic acids is 1. The Kier molecular flexibility index (Phi) is 4.39. The second kappa shape index (κ2) is 5.11. The van der Waals surface area contributed by atoms with Crippen LogP contribution in [0.15, 0.2) is 0 Å². The maximum absolute atomic E-state index is 11.8. The largest absolute Gasteiger partial charge is 0.341 e. The minimum Gasteiger partial charge on any atom is -0.341 e. The lowest BCUT2D eigenvalue weighted by molar-refractivity contribution is -0.130. The minimum absolute atomic E-state index is 0.148. The zero-order valence-corrected chi connectivity index (χ0v) is 9.70. The van der Waals surface area contributed by atoms with Gasteiger partial charge in [-0.05, 0) is 25.5 Å². The van der Waals surface area contributed by atoms with E-state index in [-0.39, 0.29) is 17.2 Å². The van der Waals surface area contributed by atoms with Crippen molar-refractivity contribution in [1.29, 1.82) is 0 Å². The Hall–Kier alpha value is 0.110. The second-order valence-corrected chi connectivity index (χ2v) is 5.07. The molecule has 1 rings (SSSR count). The lowest BCUT2D eigenvalue weighted by Crippen LogP contribution is -2.40. The van der Waals surface area contributed by atoms with Crippen molar-refractivity contribution < 1.29 is 4.79 Å². The fourth-order valence-electron chi connectivity index (χ4n) is 1.32. The predicted octanol–water partition coefficient (Wildman–Crippen LogP) is 1.97. The van der Waals surface area contributed by atoms with Crippen molar-refractivity contribution in [2.24, 2.45) is 0 Å². The monoisotopic (exact) mass is 221 g/mol. The molecule has 0 radical (unpaired) electrons. The van der Waals surface area contributed by atoms with Gasteiger partial charge in [0.1, 0.15) is 0 Å². The summed E-state index contributed by atoms with van der Waals surface area (Å²) in [7, 11) is 1.84. The molecule has 1 aliphatic rings. The number of amides is 1. The van der Waals surface area contributed by atoms with E-state index in [0.29, 0.717) is 5.88 Å². The zero-order valence-electron chi connectivity index (χ0n) is 8.12. The van der Waals surface area contributed by atoms with E-state index in [0.717, 1.165) is 12.2 Å². The minimum atomic E-state index is 0.148. The summed E-state index contributed by atoms with van der Waals surface area (Å²) in [6, 6.07) is 0.148. The second-order valence-electron chi connectivity index (χ2n) is 3.45. The topological polar surface area (TPSA) is 20.3 Å². The number of alkyl halides is 1. The molecule has 0 spiro atoms. The molecule has 2 atom stereocenters. The lowest BCUT2D eigenvalue weighted by Gasteiger charge is -2.25. The highest BCUT2D eigenvalue weighted by molar-refractivity contribution is 8.00. The maximum atomic E-state index is 11.8. The molecule has 0 aliphatic carbocycles. The van der Waals surface area contributed by atoms with Crippen molar-refractivity contribution in [2.75, 3.05) is 18.7 Å². The Morgan fingerprint density at radius 3 is 2.92 bits per heavy atom. The first-order chi connectivity index (χ1) is 6.16. The molecule has 76 valence electrons. The van der Waals surface area contributed by atoms with E-state index in [1.54, 1.807) is 16.7 Å². The Balaban J connectivity index is 2.45. The molecule has 1 aliphatic heterocycles. The molecule has 0 aromatic carbocycles. The number of rotatable bonds is 3. The van der Waals surface area contributed by atoms with E-state index in [2.05, 4.69) is 0 Å². The molecule has 1 amide bonds. The van der Waals surface area contributed by atoms with Gasteiger partial charge in [-0.2, -0.15) is 0 Å². The predicted molar refractivity (Wildman–Crippen MR) is 58.4 cm³/mol. The average molecular weight is 222 g/mol. The van der Waals surface area contributed by atoms with Gasteiger partial charge in [0.2, 0.25) is 5.91 Å². The van der Waals surface area contributed by atoms with Gasteiger partial charge in [-0.3, -0.25) is 4.79 Å². The molecular formula is C9H16ClNOS. The van der Waals surface area contributed by atoms with Crippen molar-refractivity contribution in [3.8, 4) is 0 Å². The van der Waals surface area contributed by atoms with Crippen LogP contribution in [0.25, 0.3) is 0 Å². The van der Waals surface area contributed by atoms with Crippen LogP contribution in [0.5, 0.6) is 0 Å². The van der Waals surface area contributed by atoms with E-state index >= 15 is 0 Å². The summed E-state index contributed by atoms with van der Waals surface area (Å²) in [4.78, 5) is 13.6. The highest BCUT2D eigenvalue weighted by atomic mass is 35.5. The van der Waals surface area contributed by atoms with E-state index in [9.17, 15) is 4.79 Å². The molecule has 0 saturated carbocycles. The van der Waals surface area contributed by atoms with Gasteiger partial charge in [-0.25, -0.2) is 0 Å². The molecule has 1 saturated heterocycles. The number of hydrogen-bond acceptors (Lipinski definition) is 2. The third-order valence-electron chi connectivity index (χ3n) is 2.44. The molecule has 13 heavy (non-hydrogen) atoms. The summed E-state index contributed by atoms with van der Waals surface area (Å²) < 4.78 is 0. The first-order valence-corrected chi connectivity index (χ1v) is 6.19. The van der Waals surface area contributed by atoms with Crippen LogP contribution in [0.3, 0.4) is 0 Å². The molecule has 1 heterocycles.